The molecule has 0 amide bonds. The number of allylic oxidation sites excluding steroid dienone is 2. The van der Waals surface area contributed by atoms with E-state index in [1.54, 1.807) is 0 Å². The number of aliphatic hydroxyl groups excluding tert-OH is 4. The molecule has 0 spiro atoms. The van der Waals surface area contributed by atoms with Crippen molar-refractivity contribution in [1.82, 2.24) is 0 Å². The van der Waals surface area contributed by atoms with E-state index >= 15 is 0 Å². The van der Waals surface area contributed by atoms with Gasteiger partial charge in [-0.25, -0.2) is 0 Å². The van der Waals surface area contributed by atoms with Crippen molar-refractivity contribution in [3.05, 3.63) is 11.6 Å². The minimum atomic E-state index is -0.894. The van der Waals surface area contributed by atoms with E-state index in [2.05, 4.69) is 27.7 Å². The molecule has 5 rings (SSSR count). The summed E-state index contributed by atoms with van der Waals surface area (Å²) in [4.78, 5) is 13.7. The summed E-state index contributed by atoms with van der Waals surface area (Å²) in [5, 5.41) is 43.0. The van der Waals surface area contributed by atoms with Crippen molar-refractivity contribution in [1.29, 1.82) is 0 Å². The van der Waals surface area contributed by atoms with Crippen molar-refractivity contribution in [2.45, 2.75) is 111 Å². The lowest BCUT2D eigenvalue weighted by Crippen LogP contribution is -2.62. The van der Waals surface area contributed by atoms with Gasteiger partial charge in [0.1, 0.15) is 0 Å². The highest BCUT2D eigenvalue weighted by molar-refractivity contribution is 5.95. The first-order valence-corrected chi connectivity index (χ1v) is 14.0. The van der Waals surface area contributed by atoms with E-state index < -0.39 is 29.1 Å². The molecule has 0 aromatic carbocycles. The summed E-state index contributed by atoms with van der Waals surface area (Å²) in [5.41, 5.74) is -0.113. The van der Waals surface area contributed by atoms with Gasteiger partial charge in [0, 0.05) is 16.7 Å². The maximum atomic E-state index is 13.7. The van der Waals surface area contributed by atoms with Gasteiger partial charge in [-0.1, -0.05) is 47.1 Å². The lowest BCUT2D eigenvalue weighted by atomic mass is 9.42. The van der Waals surface area contributed by atoms with Gasteiger partial charge in [0.05, 0.1) is 24.9 Å². The van der Waals surface area contributed by atoms with Crippen molar-refractivity contribution >= 4 is 5.78 Å². The highest BCUT2D eigenvalue weighted by atomic mass is 16.3. The van der Waals surface area contributed by atoms with Gasteiger partial charge in [0.25, 0.3) is 0 Å². The summed E-state index contributed by atoms with van der Waals surface area (Å²) in [6.45, 7) is 13.1. The van der Waals surface area contributed by atoms with Crippen LogP contribution in [0.2, 0.25) is 0 Å². The molecule has 0 unspecified atom stereocenters. The standard InChI is InChI=1S/C30H48O5/c1-26(2)24-19(32)13-17-14-27(3)11-9-22-28(4,12-10-23(34)30(22,6)16-31)21(27)8-7-18(17)29(24,5)15-20(33)25(26)35/h13,18,20-25,31,33-35H,7-12,14-16H2,1-6H3/t18-,20-,21+,22+,23-,24+,25-,27+,28-,29-,30+/m1/s1. The molecule has 0 aromatic rings. The van der Waals surface area contributed by atoms with Crippen LogP contribution < -0.4 is 0 Å². The zero-order valence-corrected chi connectivity index (χ0v) is 22.7. The highest BCUT2D eigenvalue weighted by Crippen LogP contribution is 2.70. The maximum Gasteiger partial charge on any atom is 0.159 e. The molecule has 4 fully saturated rings. The Labute approximate surface area is 211 Å². The van der Waals surface area contributed by atoms with Crippen LogP contribution in [0, 0.1) is 50.7 Å². The number of aliphatic hydroxyl groups is 4. The third kappa shape index (κ3) is 3.30. The molecule has 0 saturated heterocycles. The van der Waals surface area contributed by atoms with E-state index in [1.165, 1.54) is 5.57 Å². The van der Waals surface area contributed by atoms with Gasteiger partial charge in [-0.2, -0.15) is 0 Å². The average molecular weight is 489 g/mol. The third-order valence-electron chi connectivity index (χ3n) is 12.7. The van der Waals surface area contributed by atoms with Crippen LogP contribution >= 0.6 is 0 Å². The maximum absolute atomic E-state index is 13.7. The predicted molar refractivity (Wildman–Crippen MR) is 135 cm³/mol. The Morgan fingerprint density at radius 1 is 0.886 bits per heavy atom. The molecule has 0 aliphatic heterocycles. The summed E-state index contributed by atoms with van der Waals surface area (Å²) >= 11 is 0. The summed E-state index contributed by atoms with van der Waals surface area (Å²) in [7, 11) is 0. The van der Waals surface area contributed by atoms with E-state index in [0.29, 0.717) is 12.3 Å². The number of carbonyl (C=O) groups is 1. The van der Waals surface area contributed by atoms with E-state index in [4.69, 9.17) is 0 Å². The van der Waals surface area contributed by atoms with Crippen molar-refractivity contribution in [2.75, 3.05) is 6.61 Å². The monoisotopic (exact) mass is 488 g/mol. The lowest BCUT2D eigenvalue weighted by molar-refractivity contribution is -0.189. The zero-order chi connectivity index (χ0) is 25.8. The van der Waals surface area contributed by atoms with Crippen LogP contribution in [0.3, 0.4) is 0 Å². The van der Waals surface area contributed by atoms with Gasteiger partial charge >= 0.3 is 0 Å². The van der Waals surface area contributed by atoms with Crippen LogP contribution in [-0.4, -0.2) is 51.1 Å². The van der Waals surface area contributed by atoms with Gasteiger partial charge in [-0.05, 0) is 91.4 Å². The average Bonchev–Trinajstić information content (AvgIpc) is 2.91. The zero-order valence-electron chi connectivity index (χ0n) is 22.7. The topological polar surface area (TPSA) is 98.0 Å². The highest BCUT2D eigenvalue weighted by Gasteiger charge is 2.65. The Morgan fingerprint density at radius 2 is 1.57 bits per heavy atom. The van der Waals surface area contributed by atoms with Crippen LogP contribution in [-0.2, 0) is 4.79 Å². The Bertz CT molecular complexity index is 926. The first kappa shape index (κ1) is 25.9. The fourth-order valence-electron chi connectivity index (χ4n) is 11.1. The smallest absolute Gasteiger partial charge is 0.159 e. The Morgan fingerprint density at radius 3 is 2.23 bits per heavy atom. The molecule has 5 nitrogen and oxygen atoms in total. The van der Waals surface area contributed by atoms with E-state index in [9.17, 15) is 25.2 Å². The van der Waals surface area contributed by atoms with Crippen molar-refractivity contribution in [2.24, 2.45) is 50.7 Å². The Hall–Kier alpha value is -0.750. The number of hydrogen-bond acceptors (Lipinski definition) is 5. The van der Waals surface area contributed by atoms with Crippen molar-refractivity contribution < 1.29 is 25.2 Å². The molecule has 5 aliphatic carbocycles. The molecular weight excluding hydrogens is 440 g/mol. The summed E-state index contributed by atoms with van der Waals surface area (Å²) in [5.74, 6) is 0.815. The lowest BCUT2D eigenvalue weighted by Gasteiger charge is -2.64. The second-order valence-corrected chi connectivity index (χ2v) is 14.9. The number of fused-ring (bicyclic) bond motifs is 6. The molecule has 198 valence electrons. The third-order valence-corrected chi connectivity index (χ3v) is 12.7. The van der Waals surface area contributed by atoms with Gasteiger partial charge < -0.3 is 20.4 Å². The molecule has 0 heterocycles. The molecule has 4 saturated carbocycles. The fourth-order valence-corrected chi connectivity index (χ4v) is 11.1. The summed E-state index contributed by atoms with van der Waals surface area (Å²) in [6, 6.07) is 0. The van der Waals surface area contributed by atoms with E-state index in [-0.39, 0.29) is 46.4 Å². The Kier molecular flexibility index (Phi) is 5.83. The van der Waals surface area contributed by atoms with Gasteiger partial charge in [0.2, 0.25) is 0 Å². The summed E-state index contributed by atoms with van der Waals surface area (Å²) < 4.78 is 0. The van der Waals surface area contributed by atoms with Crippen molar-refractivity contribution in [3.63, 3.8) is 0 Å². The molecular formula is C30H48O5. The molecule has 35 heavy (non-hydrogen) atoms. The number of ketones is 1. The van der Waals surface area contributed by atoms with Crippen LogP contribution in [0.5, 0.6) is 0 Å². The molecule has 0 aromatic heterocycles. The SMILES string of the molecule is CC1(C)[C@H](O)[C@H](O)C[C@]2(C)[C@@H]3CC[C@H]4[C@@](C)(CC[C@@H]5[C@](C)(CO)[C@H](O)CC[C@@]54C)CC3=CC(=O)[C@@H]12. The van der Waals surface area contributed by atoms with Crippen LogP contribution in [0.4, 0.5) is 0 Å². The van der Waals surface area contributed by atoms with Gasteiger partial charge in [-0.3, -0.25) is 4.79 Å². The van der Waals surface area contributed by atoms with Crippen molar-refractivity contribution in [3.8, 4) is 0 Å². The number of carbonyl (C=O) groups excluding carboxylic acids is 1. The first-order chi connectivity index (χ1) is 16.1. The molecule has 0 bridgehead atoms. The predicted octanol–water partition coefficient (Wildman–Crippen LogP) is 4.26. The second kappa shape index (κ2) is 7.88. The second-order valence-electron chi connectivity index (χ2n) is 14.9. The van der Waals surface area contributed by atoms with Gasteiger partial charge in [-0.15, -0.1) is 0 Å². The molecule has 5 aliphatic rings. The normalized spacial score (nSPS) is 55.5. The van der Waals surface area contributed by atoms with Crippen LogP contribution in [0.15, 0.2) is 11.6 Å². The summed E-state index contributed by atoms with van der Waals surface area (Å²) in [6.07, 6.45) is 6.98. The largest absolute Gasteiger partial charge is 0.396 e. The number of rotatable bonds is 1. The minimum Gasteiger partial charge on any atom is -0.396 e. The number of hydrogen-bond donors (Lipinski definition) is 4. The molecule has 0 radical (unpaired) electrons. The first-order valence-electron chi connectivity index (χ1n) is 14.0. The minimum absolute atomic E-state index is 0.0230. The molecule has 11 atom stereocenters. The van der Waals surface area contributed by atoms with E-state index in [1.807, 2.05) is 19.9 Å². The molecule has 4 N–H and O–H groups in total. The van der Waals surface area contributed by atoms with E-state index in [0.717, 1.165) is 44.9 Å². The van der Waals surface area contributed by atoms with Crippen LogP contribution in [0.25, 0.3) is 0 Å². The van der Waals surface area contributed by atoms with Crippen LogP contribution in [0.1, 0.15) is 92.9 Å². The Balaban J connectivity index is 1.55. The fraction of sp³-hybridized carbons (Fsp3) is 0.900. The quantitative estimate of drug-likeness (QED) is 0.442. The van der Waals surface area contributed by atoms with Gasteiger partial charge in [0.15, 0.2) is 5.78 Å². The molecule has 5 heteroatoms.